The number of carbonyl (C=O) groups excluding carboxylic acids is 1. The maximum Gasteiger partial charge on any atom is 0.272 e. The van der Waals surface area contributed by atoms with E-state index in [1.165, 1.54) is 0 Å². The van der Waals surface area contributed by atoms with Crippen molar-refractivity contribution in [2.45, 2.75) is 12.8 Å². The van der Waals surface area contributed by atoms with Gasteiger partial charge in [0.1, 0.15) is 11.3 Å². The molecule has 166 valence electrons. The number of hydrogen-bond donors (Lipinski definition) is 1. The second kappa shape index (κ2) is 8.22. The summed E-state index contributed by atoms with van der Waals surface area (Å²) in [5, 5.41) is 8.54. The van der Waals surface area contributed by atoms with Crippen LogP contribution in [-0.2, 0) is 4.74 Å². The van der Waals surface area contributed by atoms with Gasteiger partial charge in [0, 0.05) is 25.0 Å². The van der Waals surface area contributed by atoms with Crippen LogP contribution in [0.15, 0.2) is 71.2 Å². The monoisotopic (exact) mass is 441 g/mol. The highest BCUT2D eigenvalue weighted by Gasteiger charge is 2.22. The highest BCUT2D eigenvalue weighted by molar-refractivity contribution is 5.94. The molecule has 33 heavy (non-hydrogen) atoms. The highest BCUT2D eigenvalue weighted by atomic mass is 16.5. The lowest BCUT2D eigenvalue weighted by molar-refractivity contribution is 0.0298. The number of fused-ring (bicyclic) bond motifs is 2. The van der Waals surface area contributed by atoms with Gasteiger partial charge < -0.3 is 19.5 Å². The van der Waals surface area contributed by atoms with Crippen LogP contribution in [-0.4, -0.2) is 51.7 Å². The largest absolute Gasteiger partial charge is 0.378 e. The molecule has 4 heterocycles. The van der Waals surface area contributed by atoms with Crippen LogP contribution in [0.25, 0.3) is 27.7 Å². The van der Waals surface area contributed by atoms with Gasteiger partial charge in [0.2, 0.25) is 0 Å². The lowest BCUT2D eigenvalue weighted by Crippen LogP contribution is -2.41. The number of pyridine rings is 1. The number of benzene rings is 1. The van der Waals surface area contributed by atoms with Crippen molar-refractivity contribution in [3.63, 3.8) is 0 Å². The van der Waals surface area contributed by atoms with Crippen LogP contribution in [0.2, 0.25) is 0 Å². The number of imidazole rings is 1. The molecule has 1 N–H and O–H groups in total. The number of morpholine rings is 1. The van der Waals surface area contributed by atoms with E-state index in [0.717, 1.165) is 46.5 Å². The van der Waals surface area contributed by atoms with Crippen molar-refractivity contribution in [3.05, 3.63) is 72.3 Å². The Morgan fingerprint density at radius 1 is 1.09 bits per heavy atom. The lowest BCUT2D eigenvalue weighted by Gasteiger charge is -2.26. The van der Waals surface area contributed by atoms with Gasteiger partial charge in [-0.25, -0.2) is 4.98 Å². The van der Waals surface area contributed by atoms with Gasteiger partial charge >= 0.3 is 0 Å². The zero-order chi connectivity index (χ0) is 22.2. The van der Waals surface area contributed by atoms with E-state index in [0.29, 0.717) is 37.6 Å². The molecule has 1 amide bonds. The molecule has 3 aromatic heterocycles. The first-order chi connectivity index (χ1) is 16.3. The minimum atomic E-state index is -0.0313. The van der Waals surface area contributed by atoms with E-state index >= 15 is 0 Å². The second-order valence-electron chi connectivity index (χ2n) is 8.22. The smallest absolute Gasteiger partial charge is 0.272 e. The zero-order valence-electron chi connectivity index (χ0n) is 18.0. The first-order valence-corrected chi connectivity index (χ1v) is 11.1. The summed E-state index contributed by atoms with van der Waals surface area (Å²) in [6.07, 6.45) is 11.8. The first kappa shape index (κ1) is 19.8. The quantitative estimate of drug-likeness (QED) is 0.509. The molecule has 0 unspecified atom stereocenters. The van der Waals surface area contributed by atoms with Gasteiger partial charge in [-0.05, 0) is 54.3 Å². The van der Waals surface area contributed by atoms with Crippen molar-refractivity contribution in [2.24, 2.45) is 0 Å². The molecule has 6 rings (SSSR count). The van der Waals surface area contributed by atoms with E-state index in [-0.39, 0.29) is 5.91 Å². The fourth-order valence-corrected chi connectivity index (χ4v) is 4.30. The summed E-state index contributed by atoms with van der Waals surface area (Å²) in [6, 6.07) is 9.96. The first-order valence-electron chi connectivity index (χ1n) is 11.1. The predicted molar refractivity (Wildman–Crippen MR) is 125 cm³/mol. The molecule has 1 aliphatic carbocycles. The summed E-state index contributed by atoms with van der Waals surface area (Å²) >= 11 is 0. The highest BCUT2D eigenvalue weighted by Crippen LogP contribution is 2.30. The zero-order valence-corrected chi connectivity index (χ0v) is 18.0. The fraction of sp³-hybridized carbons (Fsp3) is 0.240. The van der Waals surface area contributed by atoms with Gasteiger partial charge in [0.05, 0.1) is 24.8 Å². The third-order valence-corrected chi connectivity index (χ3v) is 6.12. The SMILES string of the molecule is O=C(c1cnc2ccc(-c3ccc4c(NC5=CC=CCC5)noc4c3)cn12)N1CCOCC1. The topological polar surface area (TPSA) is 84.9 Å². The average molecular weight is 441 g/mol. The van der Waals surface area contributed by atoms with Crippen molar-refractivity contribution < 1.29 is 14.1 Å². The molecule has 2 aliphatic rings. The molecule has 0 spiro atoms. The summed E-state index contributed by atoms with van der Waals surface area (Å²) in [7, 11) is 0. The summed E-state index contributed by atoms with van der Waals surface area (Å²) < 4.78 is 12.8. The third-order valence-electron chi connectivity index (χ3n) is 6.12. The minimum absolute atomic E-state index is 0.0313. The van der Waals surface area contributed by atoms with E-state index in [2.05, 4.69) is 33.7 Å². The number of amides is 1. The number of nitrogens with one attached hydrogen (secondary N) is 1. The van der Waals surface area contributed by atoms with Gasteiger partial charge in [0.15, 0.2) is 11.4 Å². The van der Waals surface area contributed by atoms with Gasteiger partial charge in [-0.3, -0.25) is 9.20 Å². The van der Waals surface area contributed by atoms with E-state index in [4.69, 9.17) is 9.26 Å². The Labute approximate surface area is 190 Å². The maximum absolute atomic E-state index is 13.0. The van der Waals surface area contributed by atoms with Crippen LogP contribution in [0, 0.1) is 0 Å². The summed E-state index contributed by atoms with van der Waals surface area (Å²) in [5.41, 5.74) is 5.06. The van der Waals surface area contributed by atoms with E-state index in [9.17, 15) is 4.79 Å². The Hall–Kier alpha value is -3.91. The number of hydrogen-bond acceptors (Lipinski definition) is 6. The molecule has 0 radical (unpaired) electrons. The lowest BCUT2D eigenvalue weighted by atomic mass is 10.1. The average Bonchev–Trinajstić information content (AvgIpc) is 3.48. The fourth-order valence-electron chi connectivity index (χ4n) is 4.30. The third kappa shape index (κ3) is 3.68. The van der Waals surface area contributed by atoms with Crippen LogP contribution in [0.4, 0.5) is 5.82 Å². The molecule has 1 saturated heterocycles. The molecule has 0 saturated carbocycles. The molecule has 8 nitrogen and oxygen atoms in total. The van der Waals surface area contributed by atoms with Crippen LogP contribution in [0.5, 0.6) is 0 Å². The van der Waals surface area contributed by atoms with Crippen LogP contribution in [0.3, 0.4) is 0 Å². The summed E-state index contributed by atoms with van der Waals surface area (Å²) in [4.78, 5) is 19.3. The molecule has 1 aliphatic heterocycles. The molecular weight excluding hydrogens is 418 g/mol. The van der Waals surface area contributed by atoms with Crippen LogP contribution >= 0.6 is 0 Å². The number of ether oxygens (including phenoxy) is 1. The van der Waals surface area contributed by atoms with Gasteiger partial charge in [-0.2, -0.15) is 0 Å². The number of anilines is 1. The van der Waals surface area contributed by atoms with Crippen molar-refractivity contribution in [1.29, 1.82) is 0 Å². The van der Waals surface area contributed by atoms with Gasteiger partial charge in [-0.1, -0.05) is 23.4 Å². The molecule has 1 aromatic carbocycles. The molecule has 0 atom stereocenters. The van der Waals surface area contributed by atoms with Crippen molar-refractivity contribution in [1.82, 2.24) is 19.4 Å². The summed E-state index contributed by atoms with van der Waals surface area (Å²) in [6.45, 7) is 2.32. The molecular formula is C25H23N5O3. The van der Waals surface area contributed by atoms with Gasteiger partial charge in [-0.15, -0.1) is 0 Å². The molecule has 4 aromatic rings. The summed E-state index contributed by atoms with van der Waals surface area (Å²) in [5.74, 6) is 0.692. The number of carbonyl (C=O) groups is 1. The van der Waals surface area contributed by atoms with Crippen molar-refractivity contribution in [3.8, 4) is 11.1 Å². The molecule has 1 fully saturated rings. The minimum Gasteiger partial charge on any atom is -0.378 e. The number of allylic oxidation sites excluding steroid dienone is 4. The number of rotatable bonds is 4. The Kier molecular flexibility index (Phi) is 4.92. The van der Waals surface area contributed by atoms with Crippen molar-refractivity contribution in [2.75, 3.05) is 31.6 Å². The normalized spacial score (nSPS) is 16.4. The van der Waals surface area contributed by atoms with E-state index in [1.807, 2.05) is 45.8 Å². The Morgan fingerprint density at radius 2 is 1.97 bits per heavy atom. The predicted octanol–water partition coefficient (Wildman–Crippen LogP) is 4.26. The van der Waals surface area contributed by atoms with Gasteiger partial charge in [0.25, 0.3) is 5.91 Å². The van der Waals surface area contributed by atoms with E-state index in [1.54, 1.807) is 6.20 Å². The van der Waals surface area contributed by atoms with Crippen LogP contribution in [0.1, 0.15) is 23.3 Å². The Morgan fingerprint density at radius 3 is 2.82 bits per heavy atom. The molecule has 0 bridgehead atoms. The Bertz CT molecular complexity index is 1410. The molecule has 8 heteroatoms. The van der Waals surface area contributed by atoms with Crippen molar-refractivity contribution >= 4 is 28.3 Å². The Balaban J connectivity index is 1.32. The van der Waals surface area contributed by atoms with Crippen LogP contribution < -0.4 is 5.32 Å². The number of aromatic nitrogens is 3. The second-order valence-corrected chi connectivity index (χ2v) is 8.22. The van der Waals surface area contributed by atoms with E-state index < -0.39 is 0 Å². The maximum atomic E-state index is 13.0. The number of nitrogens with zero attached hydrogens (tertiary/aromatic N) is 4. The standard InChI is InChI=1S/C25H23N5O3/c31-25(29-10-12-32-13-11-29)21-15-26-23-9-7-18(16-30(21)23)17-6-8-20-22(14-17)33-28-24(20)27-19-4-2-1-3-5-19/h1-2,4,6-9,14-16H,3,5,10-13H2,(H,27,28).